The van der Waals surface area contributed by atoms with Crippen molar-refractivity contribution in [1.29, 1.82) is 5.26 Å². The molecule has 0 aliphatic carbocycles. The fourth-order valence-electron chi connectivity index (χ4n) is 1.21. The Morgan fingerprint density at radius 2 is 2.23 bits per heavy atom. The second kappa shape index (κ2) is 4.61. The molecule has 0 unspecified atom stereocenters. The van der Waals surface area contributed by atoms with Crippen molar-refractivity contribution in [2.75, 3.05) is 0 Å². The molecule has 68 valence electrons. The van der Waals surface area contributed by atoms with Crippen LogP contribution in [0.4, 0.5) is 4.39 Å². The molecule has 1 nitrogen and oxygen atoms in total. The molecule has 0 spiro atoms. The monoisotopic (exact) mass is 177 g/mol. The Kier molecular flexibility index (Phi) is 3.45. The summed E-state index contributed by atoms with van der Waals surface area (Å²) in [6.45, 7) is 1.86. The van der Waals surface area contributed by atoms with E-state index in [0.29, 0.717) is 18.4 Å². The minimum atomic E-state index is -0.155. The fraction of sp³-hybridized carbons (Fsp3) is 0.364. The van der Waals surface area contributed by atoms with E-state index >= 15 is 0 Å². The van der Waals surface area contributed by atoms with Crippen LogP contribution in [0.3, 0.4) is 0 Å². The maximum absolute atomic E-state index is 13.2. The number of nitrogens with zero attached hydrogens (tertiary/aromatic N) is 1. The molecule has 0 aliphatic rings. The van der Waals surface area contributed by atoms with Crippen molar-refractivity contribution in [3.8, 4) is 6.07 Å². The summed E-state index contributed by atoms with van der Waals surface area (Å²) in [5.41, 5.74) is 1.64. The van der Waals surface area contributed by atoms with Gasteiger partial charge in [-0.05, 0) is 37.0 Å². The molecule has 0 fully saturated rings. The summed E-state index contributed by atoms with van der Waals surface area (Å²) >= 11 is 0. The number of unbranched alkanes of at least 4 members (excludes halogenated alkanes) is 1. The van der Waals surface area contributed by atoms with E-state index in [-0.39, 0.29) is 5.82 Å². The molecule has 0 aliphatic heterocycles. The molecule has 0 radical (unpaired) electrons. The summed E-state index contributed by atoms with van der Waals surface area (Å²) in [7, 11) is 0. The molecule has 13 heavy (non-hydrogen) atoms. The first-order chi connectivity index (χ1) is 6.24. The first kappa shape index (κ1) is 9.73. The highest BCUT2D eigenvalue weighted by atomic mass is 19.1. The predicted molar refractivity (Wildman–Crippen MR) is 49.7 cm³/mol. The summed E-state index contributed by atoms with van der Waals surface area (Å²) in [4.78, 5) is 0. The number of halogens is 1. The molecular weight excluding hydrogens is 165 g/mol. The lowest BCUT2D eigenvalue weighted by atomic mass is 10.1. The SMILES string of the molecule is Cc1ccc(CCCC#N)c(F)c1. The van der Waals surface area contributed by atoms with Crippen LogP contribution in [0.1, 0.15) is 24.0 Å². The Balaban J connectivity index is 2.62. The molecule has 0 atom stereocenters. The summed E-state index contributed by atoms with van der Waals surface area (Å²) in [5.74, 6) is -0.155. The third-order valence-electron chi connectivity index (χ3n) is 1.94. The quantitative estimate of drug-likeness (QED) is 0.651. The van der Waals surface area contributed by atoms with Gasteiger partial charge < -0.3 is 0 Å². The molecular formula is C11H12FN. The summed E-state index contributed by atoms with van der Waals surface area (Å²) in [6, 6.07) is 7.26. The molecule has 0 bridgehead atoms. The van der Waals surface area contributed by atoms with Gasteiger partial charge in [0.25, 0.3) is 0 Å². The van der Waals surface area contributed by atoms with Crippen LogP contribution >= 0.6 is 0 Å². The van der Waals surface area contributed by atoms with E-state index in [9.17, 15) is 4.39 Å². The number of aryl methyl sites for hydroxylation is 2. The van der Waals surface area contributed by atoms with Crippen LogP contribution in [0.5, 0.6) is 0 Å². The van der Waals surface area contributed by atoms with E-state index in [1.54, 1.807) is 6.07 Å². The highest BCUT2D eigenvalue weighted by Crippen LogP contribution is 2.12. The van der Waals surface area contributed by atoms with Gasteiger partial charge in [0.05, 0.1) is 6.07 Å². The van der Waals surface area contributed by atoms with E-state index in [4.69, 9.17) is 5.26 Å². The summed E-state index contributed by atoms with van der Waals surface area (Å²) in [6.07, 6.45) is 1.88. The third-order valence-corrected chi connectivity index (χ3v) is 1.94. The van der Waals surface area contributed by atoms with Crippen LogP contribution in [0.25, 0.3) is 0 Å². The van der Waals surface area contributed by atoms with E-state index in [1.807, 2.05) is 19.1 Å². The van der Waals surface area contributed by atoms with Gasteiger partial charge >= 0.3 is 0 Å². The number of nitriles is 1. The van der Waals surface area contributed by atoms with Crippen molar-refractivity contribution < 1.29 is 4.39 Å². The van der Waals surface area contributed by atoms with Crippen molar-refractivity contribution in [2.24, 2.45) is 0 Å². The van der Waals surface area contributed by atoms with E-state index in [1.165, 1.54) is 6.07 Å². The fourth-order valence-corrected chi connectivity index (χ4v) is 1.21. The van der Waals surface area contributed by atoms with Gasteiger partial charge in [-0.25, -0.2) is 4.39 Å². The first-order valence-electron chi connectivity index (χ1n) is 4.36. The molecule has 0 saturated heterocycles. The van der Waals surface area contributed by atoms with Gasteiger partial charge in [0.15, 0.2) is 0 Å². The highest BCUT2D eigenvalue weighted by Gasteiger charge is 2.00. The Morgan fingerprint density at radius 3 is 2.85 bits per heavy atom. The van der Waals surface area contributed by atoms with Crippen LogP contribution < -0.4 is 0 Å². The zero-order valence-corrected chi connectivity index (χ0v) is 7.68. The van der Waals surface area contributed by atoms with Crippen LogP contribution in [-0.4, -0.2) is 0 Å². The van der Waals surface area contributed by atoms with Gasteiger partial charge in [-0.2, -0.15) is 5.26 Å². The standard InChI is InChI=1S/C11H12FN/c1-9-5-6-10(11(12)8-9)4-2-3-7-13/h5-6,8H,2-4H2,1H3. The number of hydrogen-bond acceptors (Lipinski definition) is 1. The number of benzene rings is 1. The van der Waals surface area contributed by atoms with Gasteiger partial charge in [-0.15, -0.1) is 0 Å². The lowest BCUT2D eigenvalue weighted by Crippen LogP contribution is -1.91. The average molecular weight is 177 g/mol. The predicted octanol–water partition coefficient (Wildman–Crippen LogP) is 2.98. The van der Waals surface area contributed by atoms with Crippen molar-refractivity contribution in [1.82, 2.24) is 0 Å². The average Bonchev–Trinajstić information content (AvgIpc) is 2.09. The lowest BCUT2D eigenvalue weighted by Gasteiger charge is -2.01. The molecule has 0 heterocycles. The maximum Gasteiger partial charge on any atom is 0.126 e. The normalized spacial score (nSPS) is 9.62. The number of rotatable bonds is 3. The van der Waals surface area contributed by atoms with Gasteiger partial charge in [-0.3, -0.25) is 0 Å². The Bertz CT molecular complexity index is 325. The van der Waals surface area contributed by atoms with E-state index in [0.717, 1.165) is 12.0 Å². The second-order valence-electron chi connectivity index (χ2n) is 3.11. The second-order valence-corrected chi connectivity index (χ2v) is 3.11. The maximum atomic E-state index is 13.2. The van der Waals surface area contributed by atoms with Crippen LogP contribution in [0, 0.1) is 24.1 Å². The van der Waals surface area contributed by atoms with Gasteiger partial charge in [0.1, 0.15) is 5.82 Å². The van der Waals surface area contributed by atoms with E-state index < -0.39 is 0 Å². The minimum Gasteiger partial charge on any atom is -0.207 e. The molecule has 2 heteroatoms. The molecule has 0 aromatic heterocycles. The zero-order valence-electron chi connectivity index (χ0n) is 7.68. The number of hydrogen-bond donors (Lipinski definition) is 0. The molecule has 1 aromatic carbocycles. The summed E-state index contributed by atoms with van der Waals surface area (Å²) < 4.78 is 13.2. The van der Waals surface area contributed by atoms with Gasteiger partial charge in [0.2, 0.25) is 0 Å². The highest BCUT2D eigenvalue weighted by molar-refractivity contribution is 5.23. The molecule has 0 saturated carbocycles. The largest absolute Gasteiger partial charge is 0.207 e. The van der Waals surface area contributed by atoms with Crippen molar-refractivity contribution in [3.05, 3.63) is 35.1 Å². The van der Waals surface area contributed by atoms with Crippen LogP contribution in [0.15, 0.2) is 18.2 Å². The van der Waals surface area contributed by atoms with E-state index in [2.05, 4.69) is 0 Å². The molecule has 1 aromatic rings. The van der Waals surface area contributed by atoms with Crippen molar-refractivity contribution in [2.45, 2.75) is 26.2 Å². The smallest absolute Gasteiger partial charge is 0.126 e. The minimum absolute atomic E-state index is 0.155. The Labute approximate surface area is 77.8 Å². The molecule has 1 rings (SSSR count). The van der Waals surface area contributed by atoms with Gasteiger partial charge in [0, 0.05) is 6.42 Å². The summed E-state index contributed by atoms with van der Waals surface area (Å²) in [5, 5.41) is 8.31. The lowest BCUT2D eigenvalue weighted by molar-refractivity contribution is 0.604. The zero-order chi connectivity index (χ0) is 9.68. The van der Waals surface area contributed by atoms with Crippen molar-refractivity contribution >= 4 is 0 Å². The topological polar surface area (TPSA) is 23.8 Å². The first-order valence-corrected chi connectivity index (χ1v) is 4.36. The van der Waals surface area contributed by atoms with Gasteiger partial charge in [-0.1, -0.05) is 12.1 Å². The third kappa shape index (κ3) is 2.87. The van der Waals surface area contributed by atoms with Crippen LogP contribution in [-0.2, 0) is 6.42 Å². The van der Waals surface area contributed by atoms with Crippen molar-refractivity contribution in [3.63, 3.8) is 0 Å². The molecule has 0 amide bonds. The molecule has 0 N–H and O–H groups in total. The Morgan fingerprint density at radius 1 is 1.46 bits per heavy atom. The Hall–Kier alpha value is -1.36. The van der Waals surface area contributed by atoms with Crippen LogP contribution in [0.2, 0.25) is 0 Å².